The van der Waals surface area contributed by atoms with Gasteiger partial charge >= 0.3 is 0 Å². The van der Waals surface area contributed by atoms with Crippen LogP contribution in [0.3, 0.4) is 0 Å². The molecule has 2 aliphatic rings. The number of rotatable bonds is 4. The zero-order valence-corrected chi connectivity index (χ0v) is 9.56. The van der Waals surface area contributed by atoms with E-state index in [0.29, 0.717) is 0 Å². The SMILES string of the molecule is Clc1cc(CNC2CC2)ccc1C1CC1. The molecular weight excluding hydrogens is 206 g/mol. The highest BCUT2D eigenvalue weighted by Crippen LogP contribution is 2.43. The fourth-order valence-corrected chi connectivity index (χ4v) is 2.31. The first-order chi connectivity index (χ1) is 7.33. The van der Waals surface area contributed by atoms with Crippen molar-refractivity contribution in [2.24, 2.45) is 0 Å². The van der Waals surface area contributed by atoms with Crippen LogP contribution in [0, 0.1) is 0 Å². The molecule has 1 N–H and O–H groups in total. The molecule has 0 saturated heterocycles. The molecule has 1 aromatic carbocycles. The van der Waals surface area contributed by atoms with Gasteiger partial charge in [0.05, 0.1) is 0 Å². The fourth-order valence-electron chi connectivity index (χ4n) is 1.96. The summed E-state index contributed by atoms with van der Waals surface area (Å²) in [5.74, 6) is 0.753. The van der Waals surface area contributed by atoms with Crippen LogP contribution in [-0.2, 0) is 6.54 Å². The fraction of sp³-hybridized carbons (Fsp3) is 0.538. The van der Waals surface area contributed by atoms with Gasteiger partial charge in [0.1, 0.15) is 0 Å². The van der Waals surface area contributed by atoms with Crippen molar-refractivity contribution in [1.29, 1.82) is 0 Å². The van der Waals surface area contributed by atoms with Crippen LogP contribution in [0.25, 0.3) is 0 Å². The average Bonchev–Trinajstić information content (AvgIpc) is 3.09. The van der Waals surface area contributed by atoms with Gasteiger partial charge in [0, 0.05) is 17.6 Å². The predicted molar refractivity (Wildman–Crippen MR) is 63.3 cm³/mol. The van der Waals surface area contributed by atoms with Gasteiger partial charge in [-0.25, -0.2) is 0 Å². The van der Waals surface area contributed by atoms with Crippen LogP contribution < -0.4 is 5.32 Å². The zero-order chi connectivity index (χ0) is 10.3. The highest BCUT2D eigenvalue weighted by molar-refractivity contribution is 6.31. The minimum absolute atomic E-state index is 0.753. The van der Waals surface area contributed by atoms with Gasteiger partial charge in [-0.15, -0.1) is 0 Å². The van der Waals surface area contributed by atoms with E-state index in [-0.39, 0.29) is 0 Å². The molecular formula is C13H16ClN. The van der Waals surface area contributed by atoms with Gasteiger partial charge in [-0.05, 0) is 48.8 Å². The van der Waals surface area contributed by atoms with Crippen molar-refractivity contribution in [3.05, 3.63) is 34.3 Å². The smallest absolute Gasteiger partial charge is 0.0444 e. The molecule has 1 aromatic rings. The van der Waals surface area contributed by atoms with E-state index in [9.17, 15) is 0 Å². The summed E-state index contributed by atoms with van der Waals surface area (Å²) < 4.78 is 0. The van der Waals surface area contributed by atoms with E-state index in [4.69, 9.17) is 11.6 Å². The lowest BCUT2D eigenvalue weighted by molar-refractivity contribution is 0.687. The zero-order valence-electron chi connectivity index (χ0n) is 8.80. The van der Waals surface area contributed by atoms with E-state index in [2.05, 4.69) is 23.5 Å². The van der Waals surface area contributed by atoms with Gasteiger partial charge in [-0.1, -0.05) is 23.7 Å². The minimum Gasteiger partial charge on any atom is -0.310 e. The molecule has 0 aliphatic heterocycles. The van der Waals surface area contributed by atoms with Crippen molar-refractivity contribution in [2.75, 3.05) is 0 Å². The Hall–Kier alpha value is -0.530. The van der Waals surface area contributed by atoms with Crippen LogP contribution in [0.1, 0.15) is 42.7 Å². The molecule has 3 rings (SSSR count). The van der Waals surface area contributed by atoms with Gasteiger partial charge in [0.25, 0.3) is 0 Å². The van der Waals surface area contributed by atoms with Gasteiger partial charge in [0.15, 0.2) is 0 Å². The van der Waals surface area contributed by atoms with Crippen LogP contribution in [-0.4, -0.2) is 6.04 Å². The van der Waals surface area contributed by atoms with E-state index in [1.54, 1.807) is 0 Å². The standard InChI is InChI=1S/C13H16ClN/c14-13-7-9(8-15-11-4-5-11)1-6-12(13)10-2-3-10/h1,6-7,10-11,15H,2-5,8H2. The lowest BCUT2D eigenvalue weighted by Gasteiger charge is -2.07. The summed E-state index contributed by atoms with van der Waals surface area (Å²) in [5, 5.41) is 4.47. The van der Waals surface area contributed by atoms with E-state index in [1.165, 1.54) is 36.8 Å². The summed E-state index contributed by atoms with van der Waals surface area (Å²) in [6, 6.07) is 7.33. The highest BCUT2D eigenvalue weighted by Gasteiger charge is 2.25. The van der Waals surface area contributed by atoms with E-state index in [1.807, 2.05) is 0 Å². The minimum atomic E-state index is 0.753. The van der Waals surface area contributed by atoms with Crippen LogP contribution in [0.5, 0.6) is 0 Å². The van der Waals surface area contributed by atoms with Crippen LogP contribution >= 0.6 is 11.6 Å². The first kappa shape index (κ1) is 9.68. The van der Waals surface area contributed by atoms with Crippen molar-refractivity contribution in [1.82, 2.24) is 5.32 Å². The number of halogens is 1. The van der Waals surface area contributed by atoms with Crippen molar-refractivity contribution in [3.8, 4) is 0 Å². The summed E-state index contributed by atoms with van der Waals surface area (Å²) in [6.07, 6.45) is 5.32. The summed E-state index contributed by atoms with van der Waals surface area (Å²) >= 11 is 6.27. The summed E-state index contributed by atoms with van der Waals surface area (Å²) in [6.45, 7) is 0.968. The van der Waals surface area contributed by atoms with E-state index in [0.717, 1.165) is 23.5 Å². The van der Waals surface area contributed by atoms with Gasteiger partial charge in [-0.3, -0.25) is 0 Å². The summed E-state index contributed by atoms with van der Waals surface area (Å²) in [5.41, 5.74) is 2.67. The second-order valence-corrected chi connectivity index (χ2v) is 5.19. The maximum atomic E-state index is 6.27. The van der Waals surface area contributed by atoms with Crippen LogP contribution in [0.15, 0.2) is 18.2 Å². The van der Waals surface area contributed by atoms with E-state index < -0.39 is 0 Å². The molecule has 2 fully saturated rings. The van der Waals surface area contributed by atoms with Crippen LogP contribution in [0.4, 0.5) is 0 Å². The number of nitrogens with one attached hydrogen (secondary N) is 1. The molecule has 2 saturated carbocycles. The number of hydrogen-bond acceptors (Lipinski definition) is 1. The second-order valence-electron chi connectivity index (χ2n) is 4.79. The van der Waals surface area contributed by atoms with Crippen molar-refractivity contribution in [3.63, 3.8) is 0 Å². The predicted octanol–water partition coefficient (Wildman–Crippen LogP) is 3.47. The van der Waals surface area contributed by atoms with Crippen molar-refractivity contribution < 1.29 is 0 Å². The Bertz CT molecular complexity index is 367. The van der Waals surface area contributed by atoms with Gasteiger partial charge in [0.2, 0.25) is 0 Å². The average molecular weight is 222 g/mol. The van der Waals surface area contributed by atoms with Crippen molar-refractivity contribution in [2.45, 2.75) is 44.2 Å². The Morgan fingerprint density at radius 2 is 2.00 bits per heavy atom. The molecule has 80 valence electrons. The molecule has 1 nitrogen and oxygen atoms in total. The molecule has 0 unspecified atom stereocenters. The Kier molecular flexibility index (Phi) is 2.45. The molecule has 2 aliphatic carbocycles. The topological polar surface area (TPSA) is 12.0 Å². The van der Waals surface area contributed by atoms with Crippen LogP contribution in [0.2, 0.25) is 5.02 Å². The lowest BCUT2D eigenvalue weighted by atomic mass is 10.1. The maximum absolute atomic E-state index is 6.27. The highest BCUT2D eigenvalue weighted by atomic mass is 35.5. The molecule has 0 atom stereocenters. The quantitative estimate of drug-likeness (QED) is 0.821. The molecule has 0 radical (unpaired) electrons. The Labute approximate surface area is 95.8 Å². The normalized spacial score (nSPS) is 20.6. The molecule has 0 heterocycles. The largest absolute Gasteiger partial charge is 0.310 e. The third kappa shape index (κ3) is 2.35. The Morgan fingerprint density at radius 3 is 2.60 bits per heavy atom. The molecule has 0 amide bonds. The van der Waals surface area contributed by atoms with E-state index >= 15 is 0 Å². The van der Waals surface area contributed by atoms with Gasteiger partial charge in [-0.2, -0.15) is 0 Å². The molecule has 15 heavy (non-hydrogen) atoms. The third-order valence-electron chi connectivity index (χ3n) is 3.25. The summed E-state index contributed by atoms with van der Waals surface area (Å²) in [7, 11) is 0. The second kappa shape index (κ2) is 3.80. The summed E-state index contributed by atoms with van der Waals surface area (Å²) in [4.78, 5) is 0. The maximum Gasteiger partial charge on any atom is 0.0444 e. The van der Waals surface area contributed by atoms with Gasteiger partial charge < -0.3 is 5.32 Å². The molecule has 2 heteroatoms. The monoisotopic (exact) mass is 221 g/mol. The lowest BCUT2D eigenvalue weighted by Crippen LogP contribution is -2.15. The number of hydrogen-bond donors (Lipinski definition) is 1. The third-order valence-corrected chi connectivity index (χ3v) is 3.58. The van der Waals surface area contributed by atoms with Crippen molar-refractivity contribution >= 4 is 11.6 Å². The Balaban J connectivity index is 1.69. The molecule has 0 aromatic heterocycles. The number of benzene rings is 1. The first-order valence-electron chi connectivity index (χ1n) is 5.84. The molecule has 0 bridgehead atoms. The first-order valence-corrected chi connectivity index (χ1v) is 6.22. The molecule has 0 spiro atoms. The Morgan fingerprint density at radius 1 is 1.20 bits per heavy atom.